The smallest absolute Gasteiger partial charge is 0.230 e. The van der Waals surface area contributed by atoms with E-state index >= 15 is 0 Å². The molecule has 3 aliphatic carbocycles. The molecule has 0 radical (unpaired) electrons. The minimum absolute atomic E-state index is 0.0310. The summed E-state index contributed by atoms with van der Waals surface area (Å²) >= 11 is 0. The maximum absolute atomic E-state index is 14.6. The normalized spacial score (nSPS) is 32.4. The zero-order valence-electron chi connectivity index (χ0n) is 17.8. The van der Waals surface area contributed by atoms with E-state index in [1.165, 1.54) is 0 Å². The maximum Gasteiger partial charge on any atom is 0.230 e. The fourth-order valence-corrected chi connectivity index (χ4v) is 5.81. The molecular formula is C22H29FN5O2P. The number of nitrogens with zero attached hydrogens (tertiary/aromatic N) is 3. The molecule has 9 heteroatoms. The Morgan fingerprint density at radius 1 is 1.19 bits per heavy atom. The number of alkyl halides is 1. The van der Waals surface area contributed by atoms with Crippen LogP contribution in [-0.2, 0) is 9.53 Å². The lowest BCUT2D eigenvalue weighted by Crippen LogP contribution is -2.52. The lowest BCUT2D eigenvalue weighted by atomic mass is 9.58. The molecule has 2 N–H and O–H groups in total. The van der Waals surface area contributed by atoms with Crippen LogP contribution in [0.5, 0.6) is 0 Å². The van der Waals surface area contributed by atoms with Crippen LogP contribution in [0.15, 0.2) is 24.5 Å². The van der Waals surface area contributed by atoms with Crippen molar-refractivity contribution in [1.29, 1.82) is 0 Å². The predicted molar refractivity (Wildman–Crippen MR) is 121 cm³/mol. The van der Waals surface area contributed by atoms with Crippen LogP contribution >= 0.6 is 9.24 Å². The molecule has 1 saturated heterocycles. The van der Waals surface area contributed by atoms with Crippen molar-refractivity contribution in [2.75, 3.05) is 30.4 Å². The summed E-state index contributed by atoms with van der Waals surface area (Å²) in [7, 11) is 4.09. The molecular weight excluding hydrogens is 416 g/mol. The number of fused-ring (bicyclic) bond motifs is 3. The van der Waals surface area contributed by atoms with Crippen molar-refractivity contribution < 1.29 is 13.9 Å². The fraction of sp³-hybridized carbons (Fsp3) is 0.591. The van der Waals surface area contributed by atoms with Gasteiger partial charge in [0.25, 0.3) is 0 Å². The van der Waals surface area contributed by atoms with E-state index in [2.05, 4.69) is 29.7 Å². The summed E-state index contributed by atoms with van der Waals surface area (Å²) < 4.78 is 20.4. The standard InChI is InChI=1S/C22H29FN5O2P/c1-30-21-7-4-20(5-8-21,6-9-21)19(29)26-17-15(16-3-12-25-27-16)2-11-24-18(17)28-13-10-22(23,31)14-28/h2-3,11-12H,4-10,13-14,31H2,1H3,(H,25,27)(H,26,29). The van der Waals surface area contributed by atoms with Crippen LogP contribution in [0.25, 0.3) is 11.3 Å². The van der Waals surface area contributed by atoms with Gasteiger partial charge < -0.3 is 15.0 Å². The van der Waals surface area contributed by atoms with Crippen molar-refractivity contribution in [3.63, 3.8) is 0 Å². The van der Waals surface area contributed by atoms with Gasteiger partial charge in [-0.2, -0.15) is 5.10 Å². The highest BCUT2D eigenvalue weighted by molar-refractivity contribution is 7.18. The number of ether oxygens (including phenoxy) is 1. The molecule has 2 aromatic rings. The number of hydrogen-bond acceptors (Lipinski definition) is 5. The zero-order valence-corrected chi connectivity index (χ0v) is 18.9. The van der Waals surface area contributed by atoms with Crippen LogP contribution in [0.4, 0.5) is 15.9 Å². The number of carbonyl (C=O) groups is 1. The summed E-state index contributed by atoms with van der Waals surface area (Å²) in [6.07, 6.45) is 8.99. The third kappa shape index (κ3) is 3.64. The van der Waals surface area contributed by atoms with Gasteiger partial charge in [-0.1, -0.05) is 9.24 Å². The van der Waals surface area contributed by atoms with Gasteiger partial charge in [0.2, 0.25) is 5.91 Å². The van der Waals surface area contributed by atoms with E-state index in [4.69, 9.17) is 4.74 Å². The number of nitrogens with one attached hydrogen (secondary N) is 2. The van der Waals surface area contributed by atoms with Gasteiger partial charge in [0.05, 0.1) is 23.5 Å². The lowest BCUT2D eigenvalue weighted by molar-refractivity contribution is -0.148. The molecule has 3 saturated carbocycles. The second-order valence-electron chi connectivity index (χ2n) is 9.36. The first-order valence-electron chi connectivity index (χ1n) is 10.9. The summed E-state index contributed by atoms with van der Waals surface area (Å²) in [5.74, 6) is 0.639. The SMILES string of the molecule is COC12CCC(C(=O)Nc3c(-c4ccn[nH]4)ccnc3N3CCC(F)(P)C3)(CC1)CC2. The Kier molecular flexibility index (Phi) is 5.05. The zero-order chi connectivity index (χ0) is 21.7. The number of anilines is 2. The largest absolute Gasteiger partial charge is 0.378 e. The molecule has 2 atom stereocenters. The van der Waals surface area contributed by atoms with Gasteiger partial charge in [0, 0.05) is 43.4 Å². The van der Waals surface area contributed by atoms with Crippen LogP contribution < -0.4 is 10.2 Å². The molecule has 6 rings (SSSR count). The number of aromatic nitrogens is 3. The molecule has 1 amide bonds. The minimum Gasteiger partial charge on any atom is -0.378 e. The number of aromatic amines is 1. The topological polar surface area (TPSA) is 83.1 Å². The molecule has 1 aliphatic heterocycles. The van der Waals surface area contributed by atoms with E-state index in [9.17, 15) is 9.18 Å². The van der Waals surface area contributed by atoms with E-state index in [0.717, 1.165) is 49.8 Å². The van der Waals surface area contributed by atoms with Gasteiger partial charge in [-0.05, 0) is 50.7 Å². The van der Waals surface area contributed by atoms with E-state index < -0.39 is 5.41 Å². The first-order valence-corrected chi connectivity index (χ1v) is 11.5. The highest BCUT2D eigenvalue weighted by Gasteiger charge is 2.53. The van der Waals surface area contributed by atoms with Gasteiger partial charge in [-0.3, -0.25) is 9.89 Å². The molecule has 166 valence electrons. The molecule has 2 unspecified atom stereocenters. The van der Waals surface area contributed by atoms with E-state index in [-0.39, 0.29) is 23.5 Å². The number of hydrogen-bond donors (Lipinski definition) is 2. The minimum atomic E-state index is -1.35. The number of methoxy groups -OCH3 is 1. The molecule has 2 aromatic heterocycles. The highest BCUT2D eigenvalue weighted by atomic mass is 31.0. The molecule has 4 aliphatic rings. The van der Waals surface area contributed by atoms with Crippen LogP contribution in [0.3, 0.4) is 0 Å². The molecule has 2 bridgehead atoms. The van der Waals surface area contributed by atoms with Crippen LogP contribution in [-0.4, -0.2) is 52.3 Å². The Hall–Kier alpha value is -2.05. The van der Waals surface area contributed by atoms with Crippen molar-refractivity contribution >= 4 is 26.7 Å². The third-order valence-electron chi connectivity index (χ3n) is 7.60. The van der Waals surface area contributed by atoms with Gasteiger partial charge in [0.1, 0.15) is 5.41 Å². The molecule has 3 heterocycles. The Balaban J connectivity index is 1.48. The Bertz CT molecular complexity index is 956. The van der Waals surface area contributed by atoms with Gasteiger partial charge in [0.15, 0.2) is 5.82 Å². The van der Waals surface area contributed by atoms with Crippen molar-refractivity contribution in [1.82, 2.24) is 15.2 Å². The second-order valence-corrected chi connectivity index (χ2v) is 10.4. The maximum atomic E-state index is 14.6. The average molecular weight is 445 g/mol. The third-order valence-corrected chi connectivity index (χ3v) is 8.07. The molecule has 7 nitrogen and oxygen atoms in total. The monoisotopic (exact) mass is 445 g/mol. The van der Waals surface area contributed by atoms with Crippen molar-refractivity contribution in [2.24, 2.45) is 5.41 Å². The van der Waals surface area contributed by atoms with Crippen molar-refractivity contribution in [3.8, 4) is 11.3 Å². The fourth-order valence-electron chi connectivity index (χ4n) is 5.47. The van der Waals surface area contributed by atoms with Crippen molar-refractivity contribution in [2.45, 2.75) is 56.0 Å². The predicted octanol–water partition coefficient (Wildman–Crippen LogP) is 3.90. The van der Waals surface area contributed by atoms with Crippen LogP contribution in [0.1, 0.15) is 44.9 Å². The van der Waals surface area contributed by atoms with Gasteiger partial charge in [-0.15, -0.1) is 0 Å². The number of amides is 1. The van der Waals surface area contributed by atoms with E-state index in [1.807, 2.05) is 17.0 Å². The van der Waals surface area contributed by atoms with Gasteiger partial charge >= 0.3 is 0 Å². The summed E-state index contributed by atoms with van der Waals surface area (Å²) in [4.78, 5) is 20.1. The number of rotatable bonds is 5. The summed E-state index contributed by atoms with van der Waals surface area (Å²) in [6, 6.07) is 3.72. The van der Waals surface area contributed by atoms with Crippen molar-refractivity contribution in [3.05, 3.63) is 24.5 Å². The quantitative estimate of drug-likeness (QED) is 0.682. The number of carbonyl (C=O) groups excluding carboxylic acids is 1. The number of H-pyrrole nitrogens is 1. The molecule has 4 fully saturated rings. The van der Waals surface area contributed by atoms with Crippen LogP contribution in [0, 0.1) is 5.41 Å². The second kappa shape index (κ2) is 7.52. The number of pyridine rings is 1. The molecule has 31 heavy (non-hydrogen) atoms. The van der Waals surface area contributed by atoms with Gasteiger partial charge in [-0.25, -0.2) is 9.37 Å². The first kappa shape index (κ1) is 20.8. The summed E-state index contributed by atoms with van der Waals surface area (Å²) in [6.45, 7) is 0.769. The number of halogens is 1. The average Bonchev–Trinajstić information content (AvgIpc) is 3.45. The Morgan fingerprint density at radius 2 is 1.94 bits per heavy atom. The van der Waals surface area contributed by atoms with Crippen LogP contribution in [0.2, 0.25) is 0 Å². The summed E-state index contributed by atoms with van der Waals surface area (Å²) in [5, 5.41) is 8.93. The first-order chi connectivity index (χ1) is 14.9. The lowest BCUT2D eigenvalue weighted by Gasteiger charge is -2.51. The summed E-state index contributed by atoms with van der Waals surface area (Å²) in [5.41, 5.74) is 1.79. The Morgan fingerprint density at radius 3 is 2.52 bits per heavy atom. The van der Waals surface area contributed by atoms with E-state index in [0.29, 0.717) is 24.5 Å². The molecule has 0 aromatic carbocycles. The van der Waals surface area contributed by atoms with E-state index in [1.54, 1.807) is 19.5 Å². The Labute approximate surface area is 183 Å². The highest BCUT2D eigenvalue weighted by Crippen LogP contribution is 2.54. The molecule has 0 spiro atoms.